The summed E-state index contributed by atoms with van der Waals surface area (Å²) >= 11 is 0. The topological polar surface area (TPSA) is 47.5 Å². The lowest BCUT2D eigenvalue weighted by Crippen LogP contribution is -2.33. The molecule has 128 valence electrons. The molecule has 1 aliphatic rings. The van der Waals surface area contributed by atoms with E-state index in [9.17, 15) is 0 Å². The third kappa shape index (κ3) is 4.45. The maximum Gasteiger partial charge on any atom is 0.217 e. The summed E-state index contributed by atoms with van der Waals surface area (Å²) in [5.41, 5.74) is 1.90. The molecule has 5 nitrogen and oxygen atoms in total. The van der Waals surface area contributed by atoms with Gasteiger partial charge in [-0.1, -0.05) is 6.42 Å². The van der Waals surface area contributed by atoms with Crippen LogP contribution in [0, 0.1) is 6.92 Å². The number of rotatable bonds is 6. The second kappa shape index (κ2) is 8.11. The minimum Gasteiger partial charge on any atom is -0.497 e. The van der Waals surface area contributed by atoms with Crippen LogP contribution >= 0.6 is 0 Å². The highest BCUT2D eigenvalue weighted by atomic mass is 16.5. The van der Waals surface area contributed by atoms with E-state index in [0.29, 0.717) is 12.5 Å². The molecule has 0 amide bonds. The first-order valence-corrected chi connectivity index (χ1v) is 8.60. The van der Waals surface area contributed by atoms with Crippen LogP contribution in [0.5, 0.6) is 11.6 Å². The van der Waals surface area contributed by atoms with E-state index in [1.54, 1.807) is 7.11 Å². The molecule has 1 fully saturated rings. The zero-order valence-corrected chi connectivity index (χ0v) is 14.5. The van der Waals surface area contributed by atoms with Gasteiger partial charge in [0.2, 0.25) is 5.88 Å². The Labute approximate surface area is 143 Å². The summed E-state index contributed by atoms with van der Waals surface area (Å²) in [6.07, 6.45) is 3.95. The van der Waals surface area contributed by atoms with Gasteiger partial charge in [0.05, 0.1) is 12.8 Å². The van der Waals surface area contributed by atoms with Crippen molar-refractivity contribution in [1.29, 1.82) is 0 Å². The Kier molecular flexibility index (Phi) is 5.64. The van der Waals surface area contributed by atoms with Gasteiger partial charge >= 0.3 is 0 Å². The van der Waals surface area contributed by atoms with Gasteiger partial charge in [-0.3, -0.25) is 4.90 Å². The van der Waals surface area contributed by atoms with E-state index in [-0.39, 0.29) is 0 Å². The fourth-order valence-electron chi connectivity index (χ4n) is 2.99. The van der Waals surface area contributed by atoms with Crippen LogP contribution in [-0.4, -0.2) is 48.2 Å². The maximum absolute atomic E-state index is 5.88. The van der Waals surface area contributed by atoms with Crippen molar-refractivity contribution in [2.45, 2.75) is 26.2 Å². The number of nitrogens with zero attached hydrogens (tertiary/aromatic N) is 3. The van der Waals surface area contributed by atoms with Crippen LogP contribution in [0.1, 0.15) is 25.1 Å². The number of likely N-dealkylation sites (tertiary alicyclic amines) is 1. The molecule has 2 heterocycles. The highest BCUT2D eigenvalue weighted by molar-refractivity contribution is 5.61. The second-order valence-electron chi connectivity index (χ2n) is 6.12. The molecule has 1 aromatic heterocycles. The van der Waals surface area contributed by atoms with Gasteiger partial charge in [0.15, 0.2) is 0 Å². The van der Waals surface area contributed by atoms with Crippen LogP contribution in [0.3, 0.4) is 0 Å². The van der Waals surface area contributed by atoms with Crippen LogP contribution in [0.2, 0.25) is 0 Å². The first-order valence-electron chi connectivity index (χ1n) is 8.60. The molecule has 0 N–H and O–H groups in total. The molecule has 24 heavy (non-hydrogen) atoms. The summed E-state index contributed by atoms with van der Waals surface area (Å²) in [6, 6.07) is 9.77. The van der Waals surface area contributed by atoms with E-state index in [1.807, 2.05) is 37.3 Å². The predicted molar refractivity (Wildman–Crippen MR) is 94.5 cm³/mol. The molecule has 0 radical (unpaired) electrons. The van der Waals surface area contributed by atoms with E-state index in [4.69, 9.17) is 9.47 Å². The highest BCUT2D eigenvalue weighted by Gasteiger charge is 2.10. The molecular weight excluding hydrogens is 302 g/mol. The first kappa shape index (κ1) is 16.7. The van der Waals surface area contributed by atoms with Gasteiger partial charge in [-0.2, -0.15) is 4.98 Å². The van der Waals surface area contributed by atoms with Gasteiger partial charge in [-0.25, -0.2) is 4.98 Å². The van der Waals surface area contributed by atoms with Gasteiger partial charge in [0.25, 0.3) is 0 Å². The number of ether oxygens (including phenoxy) is 2. The van der Waals surface area contributed by atoms with Gasteiger partial charge in [-0.05, 0) is 57.1 Å². The molecule has 1 saturated heterocycles. The average Bonchev–Trinajstić information content (AvgIpc) is 2.62. The standard InChI is InChI=1S/C19H25N3O2/c1-15-20-18(16-6-8-17(23-2)9-7-16)14-19(21-15)24-13-12-22-10-4-3-5-11-22/h6-9,14H,3-5,10-13H2,1-2H3. The minimum absolute atomic E-state index is 0.644. The molecule has 0 spiro atoms. The number of aryl methyl sites for hydroxylation is 1. The highest BCUT2D eigenvalue weighted by Crippen LogP contribution is 2.23. The number of piperidine rings is 1. The predicted octanol–water partition coefficient (Wildman–Crippen LogP) is 3.33. The number of aromatic nitrogens is 2. The zero-order chi connectivity index (χ0) is 16.8. The summed E-state index contributed by atoms with van der Waals surface area (Å²) in [6.45, 7) is 5.89. The fraction of sp³-hybridized carbons (Fsp3) is 0.474. The number of hydrogen-bond acceptors (Lipinski definition) is 5. The van der Waals surface area contributed by atoms with Crippen LogP contribution in [0.4, 0.5) is 0 Å². The van der Waals surface area contributed by atoms with Crippen molar-refractivity contribution in [3.8, 4) is 22.9 Å². The van der Waals surface area contributed by atoms with E-state index < -0.39 is 0 Å². The van der Waals surface area contributed by atoms with Crippen LogP contribution in [0.15, 0.2) is 30.3 Å². The molecule has 0 aliphatic carbocycles. The smallest absolute Gasteiger partial charge is 0.217 e. The lowest BCUT2D eigenvalue weighted by molar-refractivity contribution is 0.180. The molecular formula is C19H25N3O2. The summed E-state index contributed by atoms with van der Waals surface area (Å²) in [7, 11) is 1.66. The van der Waals surface area contributed by atoms with Gasteiger partial charge in [0.1, 0.15) is 18.2 Å². The quantitative estimate of drug-likeness (QED) is 0.814. The maximum atomic E-state index is 5.88. The third-order valence-corrected chi connectivity index (χ3v) is 4.31. The summed E-state index contributed by atoms with van der Waals surface area (Å²) in [5.74, 6) is 2.20. The summed E-state index contributed by atoms with van der Waals surface area (Å²) in [5, 5.41) is 0. The van der Waals surface area contributed by atoms with Gasteiger partial charge in [0, 0.05) is 18.2 Å². The molecule has 2 aromatic rings. The van der Waals surface area contributed by atoms with Gasteiger partial charge in [-0.15, -0.1) is 0 Å². The monoisotopic (exact) mass is 327 g/mol. The fourth-order valence-corrected chi connectivity index (χ4v) is 2.99. The minimum atomic E-state index is 0.644. The van der Waals surface area contributed by atoms with Crippen molar-refractivity contribution in [1.82, 2.24) is 14.9 Å². The van der Waals surface area contributed by atoms with Crippen molar-refractivity contribution >= 4 is 0 Å². The van der Waals surface area contributed by atoms with Crippen LogP contribution in [0.25, 0.3) is 11.3 Å². The second-order valence-corrected chi connectivity index (χ2v) is 6.12. The zero-order valence-electron chi connectivity index (χ0n) is 14.5. The van der Waals surface area contributed by atoms with Crippen molar-refractivity contribution in [2.75, 3.05) is 33.4 Å². The van der Waals surface area contributed by atoms with Crippen LogP contribution < -0.4 is 9.47 Å². The largest absolute Gasteiger partial charge is 0.497 e. The Hall–Kier alpha value is -2.14. The molecule has 0 atom stereocenters. The molecule has 3 rings (SSSR count). The number of hydrogen-bond donors (Lipinski definition) is 0. The average molecular weight is 327 g/mol. The molecule has 0 bridgehead atoms. The van der Waals surface area contributed by atoms with E-state index >= 15 is 0 Å². The molecule has 0 unspecified atom stereocenters. The third-order valence-electron chi connectivity index (χ3n) is 4.31. The Morgan fingerprint density at radius 2 is 1.79 bits per heavy atom. The Morgan fingerprint density at radius 3 is 2.50 bits per heavy atom. The van der Waals surface area contributed by atoms with E-state index in [1.165, 1.54) is 32.4 Å². The lowest BCUT2D eigenvalue weighted by Gasteiger charge is -2.26. The van der Waals surface area contributed by atoms with E-state index in [2.05, 4.69) is 14.9 Å². The molecule has 1 aromatic carbocycles. The SMILES string of the molecule is COc1ccc(-c2cc(OCCN3CCCCC3)nc(C)n2)cc1. The Bertz CT molecular complexity index is 652. The van der Waals surface area contributed by atoms with Crippen molar-refractivity contribution in [3.63, 3.8) is 0 Å². The Balaban J connectivity index is 1.64. The van der Waals surface area contributed by atoms with E-state index in [0.717, 1.165) is 29.4 Å². The Morgan fingerprint density at radius 1 is 1.04 bits per heavy atom. The summed E-state index contributed by atoms with van der Waals surface area (Å²) in [4.78, 5) is 11.4. The molecule has 5 heteroatoms. The summed E-state index contributed by atoms with van der Waals surface area (Å²) < 4.78 is 11.1. The number of methoxy groups -OCH3 is 1. The first-order chi connectivity index (χ1) is 11.7. The van der Waals surface area contributed by atoms with Crippen LogP contribution in [-0.2, 0) is 0 Å². The van der Waals surface area contributed by atoms with Crippen molar-refractivity contribution in [3.05, 3.63) is 36.2 Å². The number of benzene rings is 1. The van der Waals surface area contributed by atoms with Gasteiger partial charge < -0.3 is 9.47 Å². The van der Waals surface area contributed by atoms with Crippen molar-refractivity contribution in [2.24, 2.45) is 0 Å². The normalized spacial score (nSPS) is 15.2. The molecule has 0 saturated carbocycles. The lowest BCUT2D eigenvalue weighted by atomic mass is 10.1. The van der Waals surface area contributed by atoms with Crippen molar-refractivity contribution < 1.29 is 9.47 Å². The molecule has 1 aliphatic heterocycles.